The summed E-state index contributed by atoms with van der Waals surface area (Å²) in [5, 5.41) is 0. The van der Waals surface area contributed by atoms with Crippen LogP contribution in [0.3, 0.4) is 0 Å². The third-order valence-corrected chi connectivity index (χ3v) is 9.35. The van der Waals surface area contributed by atoms with Crippen LogP contribution < -0.4 is 10.5 Å². The van der Waals surface area contributed by atoms with E-state index in [0.717, 1.165) is 64.0 Å². The molecule has 3 aromatic rings. The second-order valence-electron chi connectivity index (χ2n) is 10.6. The van der Waals surface area contributed by atoms with Crippen LogP contribution in [0.4, 0.5) is 5.82 Å². The Bertz CT molecular complexity index is 1490. The van der Waals surface area contributed by atoms with E-state index < -0.39 is 0 Å². The number of benzene rings is 1. The molecule has 2 aromatic heterocycles. The Labute approximate surface area is 238 Å². The van der Waals surface area contributed by atoms with Gasteiger partial charge in [-0.1, -0.05) is 79.6 Å². The predicted molar refractivity (Wildman–Crippen MR) is 162 cm³/mol. The number of hydrogen-bond donors (Lipinski definition) is 0. The first kappa shape index (κ1) is 26.2. The summed E-state index contributed by atoms with van der Waals surface area (Å²) in [4.78, 5) is 39.4. The predicted octanol–water partition coefficient (Wildman–Crippen LogP) is 4.86. The van der Waals surface area contributed by atoms with Crippen LogP contribution in [0.25, 0.3) is 11.7 Å². The van der Waals surface area contributed by atoms with Gasteiger partial charge in [0.15, 0.2) is 0 Å². The maximum absolute atomic E-state index is 13.9. The Morgan fingerprint density at radius 1 is 1.00 bits per heavy atom. The van der Waals surface area contributed by atoms with Crippen LogP contribution in [0.2, 0.25) is 0 Å². The van der Waals surface area contributed by atoms with E-state index in [0.29, 0.717) is 26.3 Å². The molecule has 4 heterocycles. The van der Waals surface area contributed by atoms with Crippen LogP contribution in [0.15, 0.2) is 58.4 Å². The van der Waals surface area contributed by atoms with E-state index in [9.17, 15) is 9.59 Å². The van der Waals surface area contributed by atoms with Crippen molar-refractivity contribution in [2.24, 2.45) is 0 Å². The summed E-state index contributed by atoms with van der Waals surface area (Å²) in [7, 11) is 0. The molecule has 0 spiro atoms. The van der Waals surface area contributed by atoms with Crippen LogP contribution >= 0.6 is 24.0 Å². The SMILES string of the molecule is Cc1cccn2c(=O)c(/C=C3/SC(=S)N(C4CCCCC4)C3=O)c(N3CCN(Cc4ccccc4)CC3)nc12. The van der Waals surface area contributed by atoms with Crippen LogP contribution in [0.5, 0.6) is 0 Å². The molecule has 39 heavy (non-hydrogen) atoms. The molecule has 0 N–H and O–H groups in total. The molecule has 1 aliphatic carbocycles. The smallest absolute Gasteiger partial charge is 0.267 e. The standard InChI is InChI=1S/C30H33N5O2S2/c1-21-9-8-14-34-26(21)31-27(33-17-15-32(16-18-33)20-22-10-4-2-5-11-22)24(28(34)36)19-25-29(37)35(30(38)39-25)23-12-6-3-7-13-23/h2,4-5,8-11,14,19,23H,3,6-7,12-13,15-18,20H2,1H3/b25-19+. The molecule has 1 aromatic carbocycles. The van der Waals surface area contributed by atoms with Crippen molar-refractivity contribution in [1.82, 2.24) is 19.2 Å². The number of aryl methyl sites for hydroxylation is 1. The fraction of sp³-hybridized carbons (Fsp3) is 0.400. The summed E-state index contributed by atoms with van der Waals surface area (Å²) in [5.74, 6) is 0.570. The lowest BCUT2D eigenvalue weighted by molar-refractivity contribution is -0.124. The third kappa shape index (κ3) is 5.27. The van der Waals surface area contributed by atoms with Gasteiger partial charge in [-0.2, -0.15) is 0 Å². The number of hydrogen-bond acceptors (Lipinski definition) is 7. The average molecular weight is 560 g/mol. The van der Waals surface area contributed by atoms with Crippen LogP contribution in [0.1, 0.15) is 48.8 Å². The molecule has 2 saturated heterocycles. The molecule has 202 valence electrons. The fourth-order valence-corrected chi connectivity index (χ4v) is 7.27. The van der Waals surface area contributed by atoms with Gasteiger partial charge >= 0.3 is 0 Å². The minimum atomic E-state index is -0.159. The molecular weight excluding hydrogens is 526 g/mol. The van der Waals surface area contributed by atoms with Gasteiger partial charge in [0.1, 0.15) is 15.8 Å². The zero-order valence-electron chi connectivity index (χ0n) is 22.2. The van der Waals surface area contributed by atoms with Crippen molar-refractivity contribution < 1.29 is 4.79 Å². The van der Waals surface area contributed by atoms with Crippen molar-refractivity contribution in [2.45, 2.75) is 51.6 Å². The first-order valence-corrected chi connectivity index (χ1v) is 15.0. The maximum atomic E-state index is 13.9. The summed E-state index contributed by atoms with van der Waals surface area (Å²) in [6, 6.07) is 14.5. The number of anilines is 1. The number of carbonyl (C=O) groups excluding carboxylic acids is 1. The van der Waals surface area contributed by atoms with E-state index in [4.69, 9.17) is 17.2 Å². The first-order valence-electron chi connectivity index (χ1n) is 13.8. The number of piperazine rings is 1. The van der Waals surface area contributed by atoms with Gasteiger partial charge in [-0.05, 0) is 43.0 Å². The quantitative estimate of drug-likeness (QED) is 0.327. The minimum absolute atomic E-state index is 0.0794. The number of nitrogens with zero attached hydrogens (tertiary/aromatic N) is 5. The van der Waals surface area contributed by atoms with Crippen LogP contribution in [0, 0.1) is 6.92 Å². The highest BCUT2D eigenvalue weighted by Gasteiger charge is 2.38. The second-order valence-corrected chi connectivity index (χ2v) is 12.3. The molecule has 1 amide bonds. The molecule has 0 bridgehead atoms. The summed E-state index contributed by atoms with van der Waals surface area (Å²) in [6.45, 7) is 6.12. The molecule has 0 unspecified atom stereocenters. The highest BCUT2D eigenvalue weighted by Crippen LogP contribution is 2.38. The van der Waals surface area contributed by atoms with Gasteiger partial charge in [0, 0.05) is 45.0 Å². The highest BCUT2D eigenvalue weighted by atomic mass is 32.2. The van der Waals surface area contributed by atoms with Crippen molar-refractivity contribution in [1.29, 1.82) is 0 Å². The topological polar surface area (TPSA) is 61.2 Å². The molecule has 6 rings (SSSR count). The number of amides is 1. The summed E-state index contributed by atoms with van der Waals surface area (Å²) >= 11 is 6.97. The number of thiocarbonyl (C=S) groups is 1. The number of fused-ring (bicyclic) bond motifs is 1. The lowest BCUT2D eigenvalue weighted by Crippen LogP contribution is -2.47. The van der Waals surface area contributed by atoms with E-state index in [1.165, 1.54) is 23.7 Å². The molecular formula is C30H33N5O2S2. The Morgan fingerprint density at radius 2 is 1.74 bits per heavy atom. The van der Waals surface area contributed by atoms with E-state index in [1.54, 1.807) is 21.6 Å². The Balaban J connectivity index is 1.33. The molecule has 7 nitrogen and oxygen atoms in total. The van der Waals surface area contributed by atoms with E-state index in [1.807, 2.05) is 25.1 Å². The molecule has 0 radical (unpaired) electrons. The van der Waals surface area contributed by atoms with Gasteiger partial charge in [0.05, 0.1) is 10.5 Å². The lowest BCUT2D eigenvalue weighted by Gasteiger charge is -2.36. The Hall–Kier alpha value is -3.01. The molecule has 9 heteroatoms. The summed E-state index contributed by atoms with van der Waals surface area (Å²) in [5.41, 5.74) is 3.18. The molecule has 0 atom stereocenters. The molecule has 1 saturated carbocycles. The van der Waals surface area contributed by atoms with Gasteiger partial charge < -0.3 is 4.90 Å². The minimum Gasteiger partial charge on any atom is -0.353 e. The van der Waals surface area contributed by atoms with Gasteiger partial charge in [-0.25, -0.2) is 4.98 Å². The summed E-state index contributed by atoms with van der Waals surface area (Å²) < 4.78 is 2.19. The normalized spacial score (nSPS) is 20.5. The van der Waals surface area contributed by atoms with Gasteiger partial charge in [0.2, 0.25) is 0 Å². The third-order valence-electron chi connectivity index (χ3n) is 8.02. The van der Waals surface area contributed by atoms with E-state index in [2.05, 4.69) is 34.1 Å². The van der Waals surface area contributed by atoms with Crippen LogP contribution in [-0.2, 0) is 11.3 Å². The van der Waals surface area contributed by atoms with Crippen LogP contribution in [-0.4, -0.2) is 61.6 Å². The number of rotatable bonds is 5. The van der Waals surface area contributed by atoms with E-state index >= 15 is 0 Å². The second kappa shape index (κ2) is 11.2. The summed E-state index contributed by atoms with van der Waals surface area (Å²) in [6.07, 6.45) is 8.92. The number of pyridine rings is 1. The van der Waals surface area contributed by atoms with Crippen molar-refractivity contribution in [3.8, 4) is 0 Å². The van der Waals surface area contributed by atoms with Gasteiger partial charge in [-0.3, -0.25) is 23.8 Å². The molecule has 3 fully saturated rings. The zero-order chi connectivity index (χ0) is 26.9. The van der Waals surface area contributed by atoms with Crippen molar-refractivity contribution >= 4 is 51.7 Å². The zero-order valence-corrected chi connectivity index (χ0v) is 23.8. The Morgan fingerprint density at radius 3 is 2.49 bits per heavy atom. The van der Waals surface area contributed by atoms with Crippen molar-refractivity contribution in [3.05, 3.63) is 80.6 Å². The molecule has 2 aliphatic heterocycles. The number of aromatic nitrogens is 2. The average Bonchev–Trinajstić information content (AvgIpc) is 3.24. The lowest BCUT2D eigenvalue weighted by atomic mass is 9.94. The first-order chi connectivity index (χ1) is 19.0. The monoisotopic (exact) mass is 559 g/mol. The van der Waals surface area contributed by atoms with Gasteiger partial charge in [-0.15, -0.1) is 0 Å². The highest BCUT2D eigenvalue weighted by molar-refractivity contribution is 8.26. The van der Waals surface area contributed by atoms with Crippen molar-refractivity contribution in [3.63, 3.8) is 0 Å². The number of thioether (sulfide) groups is 1. The van der Waals surface area contributed by atoms with E-state index in [-0.39, 0.29) is 17.5 Å². The van der Waals surface area contributed by atoms with Crippen molar-refractivity contribution in [2.75, 3.05) is 31.1 Å². The largest absolute Gasteiger partial charge is 0.353 e. The fourth-order valence-electron chi connectivity index (χ4n) is 5.89. The molecule has 3 aliphatic rings. The maximum Gasteiger partial charge on any atom is 0.267 e. The number of carbonyl (C=O) groups is 1. The Kier molecular flexibility index (Phi) is 7.55. The van der Waals surface area contributed by atoms with Gasteiger partial charge in [0.25, 0.3) is 11.5 Å².